The van der Waals surface area contributed by atoms with Crippen LogP contribution in [0.2, 0.25) is 5.02 Å². The number of hydrogen-bond donors (Lipinski definition) is 0. The molecule has 10 heteroatoms. The van der Waals surface area contributed by atoms with Gasteiger partial charge in [-0.05, 0) is 57.7 Å². The molecule has 1 aromatic rings. The van der Waals surface area contributed by atoms with Crippen LogP contribution in [0, 0.1) is 18.3 Å². The average Bonchev–Trinajstić information content (AvgIpc) is 2.88. The van der Waals surface area contributed by atoms with Crippen LogP contribution in [-0.4, -0.2) is 60.0 Å². The lowest BCUT2D eigenvalue weighted by molar-refractivity contribution is -0.124. The van der Waals surface area contributed by atoms with Gasteiger partial charge in [0.25, 0.3) is 5.91 Å². The van der Waals surface area contributed by atoms with E-state index in [1.165, 1.54) is 10.4 Å². The lowest BCUT2D eigenvalue weighted by Crippen LogP contribution is -2.54. The van der Waals surface area contributed by atoms with Crippen molar-refractivity contribution in [1.82, 2.24) is 9.21 Å². The van der Waals surface area contributed by atoms with Crippen LogP contribution in [0.3, 0.4) is 0 Å². The minimum absolute atomic E-state index is 0.108. The van der Waals surface area contributed by atoms with Gasteiger partial charge in [0.05, 0.1) is 22.0 Å². The first-order valence-corrected chi connectivity index (χ1v) is 12.3. The van der Waals surface area contributed by atoms with Crippen molar-refractivity contribution in [3.8, 4) is 6.07 Å². The Morgan fingerprint density at radius 2 is 1.84 bits per heavy atom. The topological polar surface area (TPSA) is 102 Å². The maximum absolute atomic E-state index is 13.4. The zero-order chi connectivity index (χ0) is 23.1. The van der Waals surface area contributed by atoms with E-state index in [1.807, 2.05) is 13.0 Å². The summed E-state index contributed by atoms with van der Waals surface area (Å²) in [6.07, 6.45) is 1.48. The number of nitrogens with zero attached hydrogens (tertiary/aromatic N) is 4. The van der Waals surface area contributed by atoms with E-state index >= 15 is 0 Å². The molecule has 2 aliphatic rings. The largest absolute Gasteiger partial charge is 0.332 e. The highest BCUT2D eigenvalue weighted by Gasteiger charge is 2.55. The summed E-state index contributed by atoms with van der Waals surface area (Å²) < 4.78 is 26.2. The molecule has 31 heavy (non-hydrogen) atoms. The summed E-state index contributed by atoms with van der Waals surface area (Å²) in [7, 11) is -3.29. The number of piperidine rings is 1. The number of anilines is 1. The molecule has 0 atom stereocenters. The van der Waals surface area contributed by atoms with Crippen molar-refractivity contribution < 1.29 is 18.0 Å². The lowest BCUT2D eigenvalue weighted by atomic mass is 9.97. The Hall–Kier alpha value is -2.15. The second-order valence-electron chi connectivity index (χ2n) is 8.48. The van der Waals surface area contributed by atoms with E-state index < -0.39 is 21.6 Å². The summed E-state index contributed by atoms with van der Waals surface area (Å²) in [5.41, 5.74) is 0.0378. The highest BCUT2D eigenvalue weighted by molar-refractivity contribution is 7.89. The molecule has 168 valence electrons. The Labute approximate surface area is 188 Å². The van der Waals surface area contributed by atoms with E-state index in [0.29, 0.717) is 43.6 Å². The molecule has 0 aliphatic carbocycles. The van der Waals surface area contributed by atoms with E-state index in [4.69, 9.17) is 11.6 Å². The molecule has 2 heterocycles. The lowest BCUT2D eigenvalue weighted by Gasteiger charge is -2.40. The maximum atomic E-state index is 13.4. The Bertz CT molecular complexity index is 1060. The molecular weight excluding hydrogens is 440 g/mol. The van der Waals surface area contributed by atoms with E-state index in [1.54, 1.807) is 31.7 Å². The van der Waals surface area contributed by atoms with Crippen molar-refractivity contribution in [2.45, 2.75) is 58.5 Å². The van der Waals surface area contributed by atoms with Crippen LogP contribution in [0.4, 0.5) is 10.5 Å². The van der Waals surface area contributed by atoms with Crippen molar-refractivity contribution >= 4 is 39.2 Å². The highest BCUT2D eigenvalue weighted by Crippen LogP contribution is 2.39. The monoisotopic (exact) mass is 466 g/mol. The van der Waals surface area contributed by atoms with Crippen molar-refractivity contribution in [3.63, 3.8) is 0 Å². The predicted molar refractivity (Wildman–Crippen MR) is 118 cm³/mol. The molecule has 2 saturated heterocycles. The third-order valence-electron chi connectivity index (χ3n) is 6.09. The van der Waals surface area contributed by atoms with Crippen molar-refractivity contribution in [2.75, 3.05) is 23.7 Å². The Balaban J connectivity index is 1.88. The standard InChI is InChI=1S/C21H27ClN4O4S/c1-5-12-31(29,30)24-10-8-16(9-11-24)26-20(28)25(19(27)21(26,3)4)17-7-6-15(13-23)18(22)14(17)2/h6-7,16H,5,8-12H2,1-4H3. The van der Waals surface area contributed by atoms with E-state index in [0.717, 1.165) is 4.90 Å². The SMILES string of the molecule is CCCS(=O)(=O)N1CCC(N2C(=O)N(c3ccc(C#N)c(Cl)c3C)C(=O)C2(C)C)CC1. The summed E-state index contributed by atoms with van der Waals surface area (Å²) in [6, 6.07) is 4.35. The molecule has 0 N–H and O–H groups in total. The molecule has 0 aromatic heterocycles. The van der Waals surface area contributed by atoms with E-state index in [-0.39, 0.29) is 28.3 Å². The molecule has 1 aromatic carbocycles. The van der Waals surface area contributed by atoms with Gasteiger partial charge < -0.3 is 4.90 Å². The van der Waals surface area contributed by atoms with Gasteiger partial charge in [-0.25, -0.2) is 22.4 Å². The number of nitriles is 1. The molecule has 0 spiro atoms. The van der Waals surface area contributed by atoms with Gasteiger partial charge in [-0.2, -0.15) is 5.26 Å². The van der Waals surface area contributed by atoms with Gasteiger partial charge in [-0.3, -0.25) is 4.79 Å². The van der Waals surface area contributed by atoms with Crippen molar-refractivity contribution in [1.29, 1.82) is 5.26 Å². The molecular formula is C21H27ClN4O4S. The average molecular weight is 467 g/mol. The first-order valence-electron chi connectivity index (χ1n) is 10.3. The fourth-order valence-electron chi connectivity index (χ4n) is 4.40. The zero-order valence-electron chi connectivity index (χ0n) is 18.2. The van der Waals surface area contributed by atoms with Crippen molar-refractivity contribution in [2.24, 2.45) is 0 Å². The van der Waals surface area contributed by atoms with Gasteiger partial charge in [-0.15, -0.1) is 0 Å². The molecule has 3 rings (SSSR count). The number of carbonyl (C=O) groups excluding carboxylic acids is 2. The number of rotatable bonds is 5. The molecule has 2 aliphatic heterocycles. The van der Waals surface area contributed by atoms with Gasteiger partial charge in [0.1, 0.15) is 11.6 Å². The number of sulfonamides is 1. The number of carbonyl (C=O) groups is 2. The predicted octanol–water partition coefficient (Wildman–Crippen LogP) is 3.27. The molecule has 3 amide bonds. The smallest absolute Gasteiger partial charge is 0.307 e. The minimum atomic E-state index is -3.29. The van der Waals surface area contributed by atoms with Crippen LogP contribution in [0.5, 0.6) is 0 Å². The van der Waals surface area contributed by atoms with Crippen LogP contribution in [0.25, 0.3) is 0 Å². The molecule has 8 nitrogen and oxygen atoms in total. The zero-order valence-corrected chi connectivity index (χ0v) is 19.8. The van der Waals surface area contributed by atoms with Gasteiger partial charge in [0.2, 0.25) is 10.0 Å². The summed E-state index contributed by atoms with van der Waals surface area (Å²) >= 11 is 6.27. The summed E-state index contributed by atoms with van der Waals surface area (Å²) in [4.78, 5) is 29.4. The molecule has 0 unspecified atom stereocenters. The Morgan fingerprint density at radius 1 is 1.23 bits per heavy atom. The second kappa shape index (κ2) is 8.41. The van der Waals surface area contributed by atoms with E-state index in [2.05, 4.69) is 0 Å². The summed E-state index contributed by atoms with van der Waals surface area (Å²) in [6.45, 7) is 7.55. The van der Waals surface area contributed by atoms with Crippen LogP contribution in [0.15, 0.2) is 12.1 Å². The van der Waals surface area contributed by atoms with Gasteiger partial charge in [0, 0.05) is 19.1 Å². The fourth-order valence-corrected chi connectivity index (χ4v) is 6.15. The van der Waals surface area contributed by atoms with Crippen LogP contribution < -0.4 is 4.90 Å². The first-order chi connectivity index (χ1) is 14.5. The van der Waals surface area contributed by atoms with E-state index in [9.17, 15) is 23.3 Å². The second-order valence-corrected chi connectivity index (χ2v) is 10.9. The maximum Gasteiger partial charge on any atom is 0.332 e. The number of benzene rings is 1. The number of hydrogen-bond acceptors (Lipinski definition) is 5. The Morgan fingerprint density at radius 3 is 2.39 bits per heavy atom. The third kappa shape index (κ3) is 3.93. The molecule has 0 radical (unpaired) electrons. The number of amides is 3. The van der Waals surface area contributed by atoms with Crippen molar-refractivity contribution in [3.05, 3.63) is 28.3 Å². The number of halogens is 1. The third-order valence-corrected chi connectivity index (χ3v) is 8.65. The summed E-state index contributed by atoms with van der Waals surface area (Å²) in [5, 5.41) is 9.39. The van der Waals surface area contributed by atoms with Crippen LogP contribution >= 0.6 is 11.6 Å². The Kier molecular flexibility index (Phi) is 6.38. The quantitative estimate of drug-likeness (QED) is 0.619. The first kappa shape index (κ1) is 23.5. The highest BCUT2D eigenvalue weighted by atomic mass is 35.5. The minimum Gasteiger partial charge on any atom is -0.307 e. The van der Waals surface area contributed by atoms with Crippen LogP contribution in [-0.2, 0) is 14.8 Å². The molecule has 2 fully saturated rings. The van der Waals surface area contributed by atoms with Gasteiger partial charge in [0.15, 0.2) is 0 Å². The molecule has 0 saturated carbocycles. The molecule has 0 bridgehead atoms. The number of imide groups is 1. The van der Waals surface area contributed by atoms with Crippen LogP contribution in [0.1, 0.15) is 51.2 Å². The van der Waals surface area contributed by atoms with Gasteiger partial charge >= 0.3 is 6.03 Å². The number of urea groups is 1. The fraction of sp³-hybridized carbons (Fsp3) is 0.571. The van der Waals surface area contributed by atoms with Gasteiger partial charge in [-0.1, -0.05) is 18.5 Å². The normalized spacial score (nSPS) is 20.4. The summed E-state index contributed by atoms with van der Waals surface area (Å²) in [5.74, 6) is -0.265.